The quantitative estimate of drug-likeness (QED) is 0.771. The summed E-state index contributed by atoms with van der Waals surface area (Å²) in [6, 6.07) is 13.2. The third-order valence-corrected chi connectivity index (χ3v) is 5.68. The molecule has 1 aliphatic rings. The second-order valence-electron chi connectivity index (χ2n) is 6.07. The molecule has 6 nitrogen and oxygen atoms in total. The van der Waals surface area contributed by atoms with E-state index in [9.17, 15) is 9.00 Å². The molecule has 0 bridgehead atoms. The number of benzene rings is 1. The van der Waals surface area contributed by atoms with E-state index < -0.39 is 10.8 Å². The average molecular weight is 366 g/mol. The number of carbonyl (C=O) groups is 1. The zero-order valence-corrected chi connectivity index (χ0v) is 14.9. The van der Waals surface area contributed by atoms with Gasteiger partial charge in [0.05, 0.1) is 11.2 Å². The van der Waals surface area contributed by atoms with Crippen LogP contribution in [0.25, 0.3) is 10.9 Å². The lowest BCUT2D eigenvalue weighted by molar-refractivity contribution is 0.102. The van der Waals surface area contributed by atoms with E-state index >= 15 is 0 Å². The Kier molecular flexibility index (Phi) is 4.62. The van der Waals surface area contributed by atoms with Crippen LogP contribution in [0.4, 0.5) is 11.4 Å². The van der Waals surface area contributed by atoms with Crippen LogP contribution in [0.3, 0.4) is 0 Å². The first-order valence-electron chi connectivity index (χ1n) is 8.42. The summed E-state index contributed by atoms with van der Waals surface area (Å²) < 4.78 is 11.5. The zero-order chi connectivity index (χ0) is 17.9. The summed E-state index contributed by atoms with van der Waals surface area (Å²) in [7, 11) is -0.732. The molecule has 0 unspecified atom stereocenters. The summed E-state index contributed by atoms with van der Waals surface area (Å²) in [5.74, 6) is 1.04. The van der Waals surface area contributed by atoms with Crippen LogP contribution in [0.15, 0.2) is 54.9 Å². The topological polar surface area (TPSA) is 75.2 Å². The number of amides is 1. The second-order valence-corrected chi connectivity index (χ2v) is 7.77. The van der Waals surface area contributed by atoms with Gasteiger partial charge in [0.15, 0.2) is 0 Å². The van der Waals surface area contributed by atoms with Crippen LogP contribution in [0.2, 0.25) is 0 Å². The fraction of sp³-hybridized carbons (Fsp3) is 0.211. The van der Waals surface area contributed by atoms with Gasteiger partial charge in [-0.25, -0.2) is 0 Å². The van der Waals surface area contributed by atoms with Crippen LogP contribution in [0.5, 0.6) is 0 Å². The highest BCUT2D eigenvalue weighted by atomic mass is 32.2. The molecular formula is C19H18N4O2S. The van der Waals surface area contributed by atoms with Crippen molar-refractivity contribution in [2.24, 2.45) is 0 Å². The van der Waals surface area contributed by atoms with Gasteiger partial charge in [-0.3, -0.25) is 19.0 Å². The molecule has 1 fully saturated rings. The second kappa shape index (κ2) is 7.21. The first kappa shape index (κ1) is 16.7. The number of fused-ring (bicyclic) bond motifs is 1. The molecule has 0 radical (unpaired) electrons. The molecule has 1 aliphatic heterocycles. The van der Waals surface area contributed by atoms with Crippen molar-refractivity contribution in [1.29, 1.82) is 0 Å². The molecule has 7 heteroatoms. The Labute approximate surface area is 153 Å². The fourth-order valence-electron chi connectivity index (χ4n) is 3.03. The number of hydrogen-bond donors (Lipinski definition) is 1. The number of nitrogens with zero attached hydrogens (tertiary/aromatic N) is 3. The fourth-order valence-corrected chi connectivity index (χ4v) is 4.08. The maximum Gasteiger partial charge on any atom is 0.274 e. The molecule has 3 aromatic rings. The summed E-state index contributed by atoms with van der Waals surface area (Å²) in [4.78, 5) is 23.4. The average Bonchev–Trinajstić information content (AvgIpc) is 2.69. The monoisotopic (exact) mass is 366 g/mol. The van der Waals surface area contributed by atoms with E-state index in [-0.39, 0.29) is 5.91 Å². The first-order valence-corrected chi connectivity index (χ1v) is 9.90. The van der Waals surface area contributed by atoms with Crippen LogP contribution in [-0.2, 0) is 10.8 Å². The molecule has 26 heavy (non-hydrogen) atoms. The molecule has 1 amide bonds. The number of anilines is 2. The summed E-state index contributed by atoms with van der Waals surface area (Å²) in [6.45, 7) is 1.45. The van der Waals surface area contributed by atoms with Crippen molar-refractivity contribution in [3.8, 4) is 0 Å². The SMILES string of the molecule is O=C(Nc1cccc2cccnc12)c1cc(N2CCS(=O)CC2)ccn1. The highest BCUT2D eigenvalue weighted by Crippen LogP contribution is 2.22. The Bertz CT molecular complexity index is 977. The van der Waals surface area contributed by atoms with E-state index in [1.165, 1.54) is 0 Å². The first-order chi connectivity index (χ1) is 12.7. The maximum absolute atomic E-state index is 12.7. The van der Waals surface area contributed by atoms with Crippen molar-refractivity contribution in [3.05, 3.63) is 60.6 Å². The summed E-state index contributed by atoms with van der Waals surface area (Å²) in [5.41, 5.74) is 2.69. The van der Waals surface area contributed by atoms with Crippen LogP contribution in [-0.4, -0.2) is 44.7 Å². The molecule has 0 atom stereocenters. The third-order valence-electron chi connectivity index (χ3n) is 4.40. The summed E-state index contributed by atoms with van der Waals surface area (Å²) in [5, 5.41) is 3.87. The predicted octanol–water partition coefficient (Wildman–Crippen LogP) is 2.45. The van der Waals surface area contributed by atoms with Gasteiger partial charge in [-0.1, -0.05) is 18.2 Å². The van der Waals surface area contributed by atoms with Gasteiger partial charge >= 0.3 is 0 Å². The van der Waals surface area contributed by atoms with E-state index in [4.69, 9.17) is 0 Å². The Hall–Kier alpha value is -2.80. The lowest BCUT2D eigenvalue weighted by Gasteiger charge is -2.28. The molecule has 0 spiro atoms. The van der Waals surface area contributed by atoms with Crippen LogP contribution >= 0.6 is 0 Å². The van der Waals surface area contributed by atoms with Gasteiger partial charge in [0.1, 0.15) is 5.69 Å². The lowest BCUT2D eigenvalue weighted by atomic mass is 10.2. The van der Waals surface area contributed by atoms with E-state index in [1.807, 2.05) is 36.4 Å². The van der Waals surface area contributed by atoms with Gasteiger partial charge < -0.3 is 10.2 Å². The van der Waals surface area contributed by atoms with Crippen molar-refractivity contribution in [1.82, 2.24) is 9.97 Å². The van der Waals surface area contributed by atoms with Crippen molar-refractivity contribution in [2.75, 3.05) is 34.8 Å². The molecule has 132 valence electrons. The molecule has 1 aromatic carbocycles. The highest BCUT2D eigenvalue weighted by molar-refractivity contribution is 7.85. The lowest BCUT2D eigenvalue weighted by Crippen LogP contribution is -2.37. The predicted molar refractivity (Wildman–Crippen MR) is 104 cm³/mol. The third kappa shape index (κ3) is 3.43. The Morgan fingerprint density at radius 2 is 1.85 bits per heavy atom. The van der Waals surface area contributed by atoms with Gasteiger partial charge in [0, 0.05) is 58.9 Å². The van der Waals surface area contributed by atoms with Crippen LogP contribution in [0.1, 0.15) is 10.5 Å². The molecule has 2 aromatic heterocycles. The minimum absolute atomic E-state index is 0.273. The number of hydrogen-bond acceptors (Lipinski definition) is 5. The molecule has 0 aliphatic carbocycles. The summed E-state index contributed by atoms with van der Waals surface area (Å²) >= 11 is 0. The number of aromatic nitrogens is 2. The van der Waals surface area contributed by atoms with Crippen molar-refractivity contribution in [3.63, 3.8) is 0 Å². The van der Waals surface area contributed by atoms with Crippen molar-refractivity contribution in [2.45, 2.75) is 0 Å². The molecule has 4 rings (SSSR count). The Balaban J connectivity index is 1.56. The van der Waals surface area contributed by atoms with Gasteiger partial charge in [-0.05, 0) is 24.3 Å². The van der Waals surface area contributed by atoms with Crippen LogP contribution in [0, 0.1) is 0 Å². The van der Waals surface area contributed by atoms with E-state index in [0.29, 0.717) is 22.9 Å². The van der Waals surface area contributed by atoms with E-state index in [1.54, 1.807) is 18.5 Å². The van der Waals surface area contributed by atoms with Crippen LogP contribution < -0.4 is 10.2 Å². The number of para-hydroxylation sites is 1. The van der Waals surface area contributed by atoms with E-state index in [2.05, 4.69) is 20.2 Å². The number of nitrogens with one attached hydrogen (secondary N) is 1. The summed E-state index contributed by atoms with van der Waals surface area (Å²) in [6.07, 6.45) is 3.34. The maximum atomic E-state index is 12.7. The number of pyridine rings is 2. The minimum Gasteiger partial charge on any atom is -0.370 e. The highest BCUT2D eigenvalue weighted by Gasteiger charge is 2.17. The van der Waals surface area contributed by atoms with Gasteiger partial charge in [0.25, 0.3) is 5.91 Å². The van der Waals surface area contributed by atoms with Crippen molar-refractivity contribution < 1.29 is 9.00 Å². The van der Waals surface area contributed by atoms with Crippen molar-refractivity contribution >= 4 is 39.0 Å². The normalized spacial score (nSPS) is 15.2. The molecular weight excluding hydrogens is 348 g/mol. The molecule has 3 heterocycles. The standard InChI is InChI=1S/C19H18N4O2S/c24-19(22-16-5-1-3-14-4-2-7-21-18(14)16)17-13-15(6-8-20-17)23-9-11-26(25)12-10-23/h1-8,13H,9-12H2,(H,22,24). The van der Waals surface area contributed by atoms with Gasteiger partial charge in [-0.2, -0.15) is 0 Å². The number of carbonyl (C=O) groups excluding carboxylic acids is 1. The Morgan fingerprint density at radius 1 is 1.04 bits per heavy atom. The number of rotatable bonds is 3. The minimum atomic E-state index is -0.732. The molecule has 1 saturated heterocycles. The largest absolute Gasteiger partial charge is 0.370 e. The Morgan fingerprint density at radius 3 is 2.69 bits per heavy atom. The van der Waals surface area contributed by atoms with E-state index in [0.717, 1.165) is 29.7 Å². The molecule has 1 N–H and O–H groups in total. The van der Waals surface area contributed by atoms with Gasteiger partial charge in [0.2, 0.25) is 0 Å². The zero-order valence-electron chi connectivity index (χ0n) is 14.1. The van der Waals surface area contributed by atoms with Gasteiger partial charge in [-0.15, -0.1) is 0 Å². The molecule has 0 saturated carbocycles. The smallest absolute Gasteiger partial charge is 0.274 e.